The monoisotopic (exact) mass is 244 g/mol. The normalized spacial score (nSPS) is 10.5. The van der Waals surface area contributed by atoms with Crippen molar-refractivity contribution in [2.45, 2.75) is 6.92 Å². The fourth-order valence-corrected chi connectivity index (χ4v) is 1.81. The molecule has 0 aromatic carbocycles. The van der Waals surface area contributed by atoms with Crippen LogP contribution in [0.1, 0.15) is 11.8 Å². The molecule has 1 rings (SSSR count). The van der Waals surface area contributed by atoms with E-state index in [0.29, 0.717) is 4.34 Å². The summed E-state index contributed by atoms with van der Waals surface area (Å²) in [6, 6.07) is 3.49. The number of ether oxygens (including phenoxy) is 1. The number of rotatable bonds is 4. The van der Waals surface area contributed by atoms with Crippen molar-refractivity contribution in [3.05, 3.63) is 27.4 Å². The van der Waals surface area contributed by atoms with Gasteiger partial charge in [-0.05, 0) is 31.2 Å². The highest BCUT2D eigenvalue weighted by Gasteiger charge is 2.10. The Bertz CT molecular complexity index is 395. The van der Waals surface area contributed by atoms with Crippen molar-refractivity contribution in [3.8, 4) is 0 Å². The molecule has 1 aromatic rings. The van der Waals surface area contributed by atoms with Gasteiger partial charge in [0.2, 0.25) is 0 Å². The zero-order valence-corrected chi connectivity index (χ0v) is 9.60. The summed E-state index contributed by atoms with van der Waals surface area (Å²) in [6.07, 6.45) is 2.72. The summed E-state index contributed by atoms with van der Waals surface area (Å²) in [6.45, 7) is 1.84. The van der Waals surface area contributed by atoms with Gasteiger partial charge in [-0.2, -0.15) is 0 Å². The summed E-state index contributed by atoms with van der Waals surface area (Å²) in [5.74, 6) is -1.50. The second-order valence-electron chi connectivity index (χ2n) is 2.56. The third-order valence-corrected chi connectivity index (χ3v) is 2.67. The van der Waals surface area contributed by atoms with Crippen molar-refractivity contribution in [2.75, 3.05) is 6.61 Å². The minimum absolute atomic E-state index is 0.198. The summed E-state index contributed by atoms with van der Waals surface area (Å²) < 4.78 is 5.17. The Morgan fingerprint density at radius 3 is 2.80 bits per heavy atom. The Morgan fingerprint density at radius 1 is 1.53 bits per heavy atom. The molecule has 1 aromatic heterocycles. The molecule has 0 atom stereocenters. The Kier molecular flexibility index (Phi) is 4.52. The topological polar surface area (TPSA) is 43.4 Å². The molecule has 0 spiro atoms. The molecular weight excluding hydrogens is 236 g/mol. The largest absolute Gasteiger partial charge is 0.460 e. The zero-order valence-electron chi connectivity index (χ0n) is 8.03. The van der Waals surface area contributed by atoms with Crippen LogP contribution < -0.4 is 0 Å². The predicted molar refractivity (Wildman–Crippen MR) is 60.0 cm³/mol. The summed E-state index contributed by atoms with van der Waals surface area (Å²) in [5.41, 5.74) is 0. The van der Waals surface area contributed by atoms with Crippen LogP contribution in [0.3, 0.4) is 0 Å². The van der Waals surface area contributed by atoms with Crippen molar-refractivity contribution in [1.82, 2.24) is 0 Å². The number of hydrogen-bond donors (Lipinski definition) is 0. The molecule has 0 aliphatic rings. The van der Waals surface area contributed by atoms with E-state index in [2.05, 4.69) is 4.74 Å². The van der Waals surface area contributed by atoms with Crippen LogP contribution in [0.25, 0.3) is 6.08 Å². The molecule has 0 bridgehead atoms. The van der Waals surface area contributed by atoms with Gasteiger partial charge in [-0.25, -0.2) is 4.79 Å². The average Bonchev–Trinajstić information content (AvgIpc) is 2.61. The zero-order chi connectivity index (χ0) is 11.3. The van der Waals surface area contributed by atoms with E-state index in [-0.39, 0.29) is 6.61 Å². The molecule has 3 nitrogen and oxygen atoms in total. The van der Waals surface area contributed by atoms with E-state index in [4.69, 9.17) is 11.6 Å². The average molecular weight is 245 g/mol. The van der Waals surface area contributed by atoms with Crippen molar-refractivity contribution in [1.29, 1.82) is 0 Å². The minimum Gasteiger partial charge on any atom is -0.460 e. The number of esters is 1. The van der Waals surface area contributed by atoms with E-state index in [1.54, 1.807) is 19.1 Å². The van der Waals surface area contributed by atoms with Crippen molar-refractivity contribution in [3.63, 3.8) is 0 Å². The molecule has 15 heavy (non-hydrogen) atoms. The summed E-state index contributed by atoms with van der Waals surface area (Å²) >= 11 is 7.03. The first-order valence-corrected chi connectivity index (χ1v) is 5.47. The molecule has 0 saturated carbocycles. The first-order chi connectivity index (χ1) is 7.13. The van der Waals surface area contributed by atoms with Crippen LogP contribution in [0.15, 0.2) is 18.2 Å². The van der Waals surface area contributed by atoms with Gasteiger partial charge in [-0.3, -0.25) is 4.79 Å². The molecule has 0 N–H and O–H groups in total. The number of hydrogen-bond acceptors (Lipinski definition) is 4. The highest BCUT2D eigenvalue weighted by molar-refractivity contribution is 7.17. The lowest BCUT2D eigenvalue weighted by Gasteiger charge is -1.95. The van der Waals surface area contributed by atoms with Crippen LogP contribution in [0.5, 0.6) is 0 Å². The molecule has 0 aliphatic heterocycles. The summed E-state index contributed by atoms with van der Waals surface area (Å²) in [4.78, 5) is 22.9. The molecule has 1 heterocycles. The lowest BCUT2D eigenvalue weighted by Crippen LogP contribution is -2.14. The van der Waals surface area contributed by atoms with Gasteiger partial charge in [0.05, 0.1) is 10.9 Å². The lowest BCUT2D eigenvalue weighted by molar-refractivity contribution is -0.151. The highest BCUT2D eigenvalue weighted by Crippen LogP contribution is 2.22. The van der Waals surface area contributed by atoms with E-state index in [1.165, 1.54) is 23.5 Å². The van der Waals surface area contributed by atoms with Crippen LogP contribution in [-0.4, -0.2) is 18.4 Å². The molecule has 0 aliphatic carbocycles. The smallest absolute Gasteiger partial charge is 0.379 e. The Labute approximate surface area is 96.3 Å². The van der Waals surface area contributed by atoms with Gasteiger partial charge in [-0.1, -0.05) is 11.6 Å². The Hall–Kier alpha value is -1.13. The first-order valence-electron chi connectivity index (χ1n) is 4.28. The molecule has 0 unspecified atom stereocenters. The van der Waals surface area contributed by atoms with Crippen LogP contribution in [0.2, 0.25) is 4.34 Å². The van der Waals surface area contributed by atoms with E-state index >= 15 is 0 Å². The lowest BCUT2D eigenvalue weighted by atomic mass is 10.3. The number of ketones is 1. The van der Waals surface area contributed by atoms with E-state index < -0.39 is 11.8 Å². The number of carbonyl (C=O) groups is 2. The van der Waals surface area contributed by atoms with E-state index in [1.807, 2.05) is 0 Å². The van der Waals surface area contributed by atoms with Crippen LogP contribution in [0, 0.1) is 0 Å². The third-order valence-electron chi connectivity index (χ3n) is 1.47. The highest BCUT2D eigenvalue weighted by atomic mass is 35.5. The Balaban J connectivity index is 2.58. The summed E-state index contributed by atoms with van der Waals surface area (Å²) in [7, 11) is 0. The molecule has 0 fully saturated rings. The van der Waals surface area contributed by atoms with Crippen LogP contribution in [-0.2, 0) is 14.3 Å². The predicted octanol–water partition coefficient (Wildman–Crippen LogP) is 2.55. The van der Waals surface area contributed by atoms with Gasteiger partial charge < -0.3 is 4.74 Å². The molecule has 5 heteroatoms. The standard InChI is InChI=1S/C10H9ClO3S/c1-2-14-10(13)8(12)5-3-7-4-6-9(11)15-7/h3-6H,2H2,1H3/b5-3+. The second-order valence-corrected chi connectivity index (χ2v) is 4.31. The van der Waals surface area contributed by atoms with Crippen LogP contribution in [0.4, 0.5) is 0 Å². The number of carbonyl (C=O) groups excluding carboxylic acids is 2. The SMILES string of the molecule is CCOC(=O)C(=O)/C=C/c1ccc(Cl)s1. The first kappa shape index (κ1) is 11.9. The van der Waals surface area contributed by atoms with Gasteiger partial charge >= 0.3 is 5.97 Å². The fourth-order valence-electron chi connectivity index (χ4n) is 0.846. The van der Waals surface area contributed by atoms with Gasteiger partial charge in [-0.15, -0.1) is 11.3 Å². The van der Waals surface area contributed by atoms with Gasteiger partial charge in [0.15, 0.2) is 0 Å². The van der Waals surface area contributed by atoms with Crippen molar-refractivity contribution in [2.24, 2.45) is 0 Å². The molecule has 0 saturated heterocycles. The van der Waals surface area contributed by atoms with E-state index in [0.717, 1.165) is 4.88 Å². The van der Waals surface area contributed by atoms with Gasteiger partial charge in [0.1, 0.15) is 0 Å². The van der Waals surface area contributed by atoms with Crippen molar-refractivity contribution >= 4 is 40.8 Å². The summed E-state index contributed by atoms with van der Waals surface area (Å²) in [5, 5.41) is 0. The number of thiophene rings is 1. The maximum Gasteiger partial charge on any atom is 0.379 e. The fraction of sp³-hybridized carbons (Fsp3) is 0.200. The second kappa shape index (κ2) is 5.68. The quantitative estimate of drug-likeness (QED) is 0.464. The van der Waals surface area contributed by atoms with Gasteiger partial charge in [0.25, 0.3) is 5.78 Å². The minimum atomic E-state index is -0.837. The maximum atomic E-state index is 11.1. The molecule has 80 valence electrons. The molecular formula is C10H9ClO3S. The Morgan fingerprint density at radius 2 is 2.27 bits per heavy atom. The van der Waals surface area contributed by atoms with Gasteiger partial charge in [0, 0.05) is 4.88 Å². The molecule has 0 amide bonds. The third kappa shape index (κ3) is 3.85. The molecule has 0 radical (unpaired) electrons. The van der Waals surface area contributed by atoms with Crippen LogP contribution >= 0.6 is 22.9 Å². The number of halogens is 1. The maximum absolute atomic E-state index is 11.1. The van der Waals surface area contributed by atoms with E-state index in [9.17, 15) is 9.59 Å². The van der Waals surface area contributed by atoms with Crippen molar-refractivity contribution < 1.29 is 14.3 Å².